The molecule has 2 aliphatic heterocycles. The Morgan fingerprint density at radius 2 is 1.52 bits per heavy atom. The van der Waals surface area contributed by atoms with Crippen molar-refractivity contribution in [3.63, 3.8) is 0 Å². The van der Waals surface area contributed by atoms with E-state index in [-0.39, 0.29) is 13.1 Å². The SMILES string of the molecule is O=C(O)N1C[C@H](O)[C@H](O)[C@@H](N2c3ccccc3Oc3ccccc32)C1. The lowest BCUT2D eigenvalue weighted by atomic mass is 9.96. The third kappa shape index (κ3) is 2.57. The summed E-state index contributed by atoms with van der Waals surface area (Å²) in [4.78, 5) is 14.4. The van der Waals surface area contributed by atoms with Gasteiger partial charge in [-0.3, -0.25) is 0 Å². The number of anilines is 2. The van der Waals surface area contributed by atoms with E-state index in [1.807, 2.05) is 53.4 Å². The molecule has 3 atom stereocenters. The van der Waals surface area contributed by atoms with Crippen LogP contribution < -0.4 is 9.64 Å². The lowest BCUT2D eigenvalue weighted by Crippen LogP contribution is -2.61. The number of aliphatic hydroxyl groups is 2. The van der Waals surface area contributed by atoms with Crippen molar-refractivity contribution in [2.45, 2.75) is 18.2 Å². The number of piperidine rings is 1. The molecule has 2 aromatic rings. The van der Waals surface area contributed by atoms with E-state index < -0.39 is 24.3 Å². The molecule has 4 rings (SSSR count). The molecule has 0 unspecified atom stereocenters. The molecular formula is C18H18N2O5. The fraction of sp³-hybridized carbons (Fsp3) is 0.278. The third-order valence-corrected chi connectivity index (χ3v) is 4.68. The minimum atomic E-state index is -1.16. The van der Waals surface area contributed by atoms with Crippen LogP contribution in [0.1, 0.15) is 0 Å². The highest BCUT2D eigenvalue weighted by molar-refractivity contribution is 5.79. The molecule has 0 aliphatic carbocycles. The number of fused-ring (bicyclic) bond motifs is 2. The number of carbonyl (C=O) groups is 1. The Labute approximate surface area is 144 Å². The smallest absolute Gasteiger partial charge is 0.407 e. The number of β-amino-alcohol motifs (C(OH)–C–C–N with tert-alkyl or cyclic N) is 1. The number of likely N-dealkylation sites (tertiary alicyclic amines) is 1. The van der Waals surface area contributed by atoms with Gasteiger partial charge < -0.3 is 29.9 Å². The molecule has 7 heteroatoms. The molecule has 1 amide bonds. The third-order valence-electron chi connectivity index (χ3n) is 4.68. The van der Waals surface area contributed by atoms with Crippen LogP contribution in [0.3, 0.4) is 0 Å². The average molecular weight is 342 g/mol. The highest BCUT2D eigenvalue weighted by Crippen LogP contribution is 2.48. The summed E-state index contributed by atoms with van der Waals surface area (Å²) in [5.41, 5.74) is 1.45. The number of rotatable bonds is 1. The summed E-state index contributed by atoms with van der Waals surface area (Å²) >= 11 is 0. The van der Waals surface area contributed by atoms with Crippen LogP contribution in [-0.2, 0) is 0 Å². The van der Waals surface area contributed by atoms with Crippen molar-refractivity contribution >= 4 is 17.5 Å². The minimum absolute atomic E-state index is 0.0796. The predicted molar refractivity (Wildman–Crippen MR) is 90.5 cm³/mol. The zero-order chi connectivity index (χ0) is 17.6. The fourth-order valence-corrected chi connectivity index (χ4v) is 3.48. The maximum Gasteiger partial charge on any atom is 0.407 e. The monoisotopic (exact) mass is 342 g/mol. The van der Waals surface area contributed by atoms with Crippen molar-refractivity contribution in [3.8, 4) is 11.5 Å². The van der Waals surface area contributed by atoms with Gasteiger partial charge in [0.15, 0.2) is 11.5 Å². The highest BCUT2D eigenvalue weighted by Gasteiger charge is 2.42. The van der Waals surface area contributed by atoms with E-state index in [9.17, 15) is 20.1 Å². The van der Waals surface area contributed by atoms with Gasteiger partial charge in [0.25, 0.3) is 0 Å². The minimum Gasteiger partial charge on any atom is -0.465 e. The van der Waals surface area contributed by atoms with E-state index in [2.05, 4.69) is 0 Å². The molecule has 0 aromatic heterocycles. The topological polar surface area (TPSA) is 93.5 Å². The lowest BCUT2D eigenvalue weighted by Gasteiger charge is -2.46. The van der Waals surface area contributed by atoms with Crippen molar-refractivity contribution < 1.29 is 24.9 Å². The molecule has 0 spiro atoms. The van der Waals surface area contributed by atoms with E-state index in [1.165, 1.54) is 0 Å². The van der Waals surface area contributed by atoms with Crippen LogP contribution in [0.25, 0.3) is 0 Å². The zero-order valence-corrected chi connectivity index (χ0v) is 13.3. The summed E-state index contributed by atoms with van der Waals surface area (Å²) in [6, 6.07) is 14.1. The Hall–Kier alpha value is -2.77. The second kappa shape index (κ2) is 5.94. The fourth-order valence-electron chi connectivity index (χ4n) is 3.48. The quantitative estimate of drug-likeness (QED) is 0.734. The van der Waals surface area contributed by atoms with Crippen LogP contribution in [0.2, 0.25) is 0 Å². The summed E-state index contributed by atoms with van der Waals surface area (Å²) in [5, 5.41) is 30.1. The highest BCUT2D eigenvalue weighted by atomic mass is 16.5. The van der Waals surface area contributed by atoms with Gasteiger partial charge in [-0.25, -0.2) is 4.79 Å². The van der Waals surface area contributed by atoms with Gasteiger partial charge in [-0.05, 0) is 24.3 Å². The number of aliphatic hydroxyl groups excluding tert-OH is 2. The van der Waals surface area contributed by atoms with Gasteiger partial charge in [0, 0.05) is 6.54 Å². The summed E-state index contributed by atoms with van der Waals surface area (Å²) in [7, 11) is 0. The van der Waals surface area contributed by atoms with Crippen molar-refractivity contribution in [1.82, 2.24) is 4.90 Å². The van der Waals surface area contributed by atoms with Gasteiger partial charge in [0.05, 0.1) is 30.1 Å². The Balaban J connectivity index is 1.82. The van der Waals surface area contributed by atoms with E-state index in [1.54, 1.807) is 0 Å². The van der Waals surface area contributed by atoms with Gasteiger partial charge in [-0.1, -0.05) is 24.3 Å². The van der Waals surface area contributed by atoms with Crippen LogP contribution in [-0.4, -0.2) is 57.7 Å². The molecule has 2 aliphatic rings. The number of nitrogens with zero attached hydrogens (tertiary/aromatic N) is 2. The summed E-state index contributed by atoms with van der Waals surface area (Å²) in [5.74, 6) is 1.24. The standard InChI is InChI=1S/C18H18N2O5/c21-14-10-19(18(23)24)9-13(17(14)22)20-11-5-1-3-7-15(11)25-16-8-4-2-6-12(16)20/h1-8,13-14,17,21-22H,9-10H2,(H,23,24)/t13-,14-,17+/m0/s1. The summed E-state index contributed by atoms with van der Waals surface area (Å²) in [6.45, 7) is -0.0309. The first-order chi connectivity index (χ1) is 12.1. The van der Waals surface area contributed by atoms with Crippen molar-refractivity contribution in [1.29, 1.82) is 0 Å². The Bertz CT molecular complexity index is 766. The van der Waals surface area contributed by atoms with Crippen molar-refractivity contribution in [2.24, 2.45) is 0 Å². The Morgan fingerprint density at radius 1 is 0.960 bits per heavy atom. The second-order valence-corrected chi connectivity index (χ2v) is 6.22. The number of benzene rings is 2. The summed E-state index contributed by atoms with van der Waals surface area (Å²) in [6.07, 6.45) is -3.36. The van der Waals surface area contributed by atoms with E-state index >= 15 is 0 Å². The molecule has 7 nitrogen and oxygen atoms in total. The Morgan fingerprint density at radius 3 is 2.08 bits per heavy atom. The van der Waals surface area contributed by atoms with Crippen LogP contribution in [0.5, 0.6) is 11.5 Å². The molecule has 2 heterocycles. The van der Waals surface area contributed by atoms with Crippen molar-refractivity contribution in [3.05, 3.63) is 48.5 Å². The molecule has 1 fully saturated rings. The number of amides is 1. The lowest BCUT2D eigenvalue weighted by molar-refractivity contribution is -0.0442. The van der Waals surface area contributed by atoms with Gasteiger partial charge in [-0.2, -0.15) is 0 Å². The van der Waals surface area contributed by atoms with Crippen LogP contribution in [0.4, 0.5) is 16.2 Å². The van der Waals surface area contributed by atoms with Crippen LogP contribution >= 0.6 is 0 Å². The first kappa shape index (κ1) is 15.7. The number of para-hydroxylation sites is 4. The normalized spacial score (nSPS) is 25.0. The first-order valence-corrected chi connectivity index (χ1v) is 8.05. The predicted octanol–water partition coefficient (Wildman–Crippen LogP) is 2.01. The largest absolute Gasteiger partial charge is 0.465 e. The molecule has 2 aromatic carbocycles. The zero-order valence-electron chi connectivity index (χ0n) is 13.3. The summed E-state index contributed by atoms with van der Waals surface area (Å²) < 4.78 is 5.92. The average Bonchev–Trinajstić information content (AvgIpc) is 2.62. The molecule has 1 saturated heterocycles. The first-order valence-electron chi connectivity index (χ1n) is 8.05. The molecule has 25 heavy (non-hydrogen) atoms. The molecule has 3 N–H and O–H groups in total. The maximum absolute atomic E-state index is 11.4. The maximum atomic E-state index is 11.4. The van der Waals surface area contributed by atoms with E-state index in [0.717, 1.165) is 16.3 Å². The van der Waals surface area contributed by atoms with E-state index in [0.29, 0.717) is 11.5 Å². The van der Waals surface area contributed by atoms with Crippen LogP contribution in [0.15, 0.2) is 48.5 Å². The number of ether oxygens (including phenoxy) is 1. The van der Waals surface area contributed by atoms with Gasteiger partial charge in [-0.15, -0.1) is 0 Å². The van der Waals surface area contributed by atoms with E-state index in [4.69, 9.17) is 4.74 Å². The molecule has 0 bridgehead atoms. The Kier molecular flexibility index (Phi) is 3.74. The van der Waals surface area contributed by atoms with Gasteiger partial charge >= 0.3 is 6.09 Å². The van der Waals surface area contributed by atoms with Gasteiger partial charge in [0.2, 0.25) is 0 Å². The molecular weight excluding hydrogens is 324 g/mol. The molecule has 0 saturated carbocycles. The van der Waals surface area contributed by atoms with Gasteiger partial charge in [0.1, 0.15) is 6.10 Å². The number of hydrogen-bond acceptors (Lipinski definition) is 5. The second-order valence-electron chi connectivity index (χ2n) is 6.22. The van der Waals surface area contributed by atoms with Crippen LogP contribution in [0, 0.1) is 0 Å². The molecule has 0 radical (unpaired) electrons. The molecule has 130 valence electrons. The van der Waals surface area contributed by atoms with Crippen molar-refractivity contribution in [2.75, 3.05) is 18.0 Å². The number of carboxylic acid groups (broad SMARTS) is 1. The number of hydrogen-bond donors (Lipinski definition) is 3.